The molecule has 4 rings (SSSR count). The molecule has 1 heterocycles. The second-order valence-electron chi connectivity index (χ2n) is 9.89. The van der Waals surface area contributed by atoms with Crippen molar-refractivity contribution in [1.82, 2.24) is 4.90 Å². The molecule has 32 heavy (non-hydrogen) atoms. The molecule has 2 aromatic rings. The molecule has 2 aliphatic rings. The molecule has 0 radical (unpaired) electrons. The average Bonchev–Trinajstić information content (AvgIpc) is 2.81. The highest BCUT2D eigenvalue weighted by Gasteiger charge is 2.41. The first-order valence-electron chi connectivity index (χ1n) is 12.4. The van der Waals surface area contributed by atoms with Crippen LogP contribution in [0, 0.1) is 12.8 Å². The number of aryl methyl sites for hydroxylation is 1. The number of hydrogen-bond donors (Lipinski definition) is 1. The summed E-state index contributed by atoms with van der Waals surface area (Å²) in [5, 5.41) is 3.21. The highest BCUT2D eigenvalue weighted by molar-refractivity contribution is 5.99. The van der Waals surface area contributed by atoms with E-state index in [1.54, 1.807) is 0 Å². The zero-order chi connectivity index (χ0) is 22.4. The Bertz CT molecular complexity index is 887. The maximum absolute atomic E-state index is 13.5. The largest absolute Gasteiger partial charge is 0.492 e. The summed E-state index contributed by atoms with van der Waals surface area (Å²) < 4.78 is 5.97. The Balaban J connectivity index is 1.36. The Morgan fingerprint density at radius 1 is 1.09 bits per heavy atom. The van der Waals surface area contributed by atoms with Crippen molar-refractivity contribution in [3.8, 4) is 5.75 Å². The van der Waals surface area contributed by atoms with Gasteiger partial charge >= 0.3 is 0 Å². The van der Waals surface area contributed by atoms with Gasteiger partial charge in [0.25, 0.3) is 0 Å². The first kappa shape index (κ1) is 22.8. The Kier molecular flexibility index (Phi) is 7.51. The highest BCUT2D eigenvalue weighted by Crippen LogP contribution is 2.40. The number of nitrogens with one attached hydrogen (secondary N) is 1. The fraction of sp³-hybridized carbons (Fsp3) is 0.536. The van der Waals surface area contributed by atoms with Gasteiger partial charge in [-0.2, -0.15) is 0 Å². The van der Waals surface area contributed by atoms with Crippen molar-refractivity contribution in [2.45, 2.75) is 64.2 Å². The van der Waals surface area contributed by atoms with E-state index in [0.717, 1.165) is 55.1 Å². The van der Waals surface area contributed by atoms with Crippen molar-refractivity contribution in [3.05, 3.63) is 59.7 Å². The SMILES string of the molecule is Cc1cccc(C2(C(=O)Nc3ccc(OCCN4CCC[C@H](C)C4)cc3)CCCCC2)c1. The third-order valence-electron chi connectivity index (χ3n) is 7.24. The van der Waals surface area contributed by atoms with Gasteiger partial charge < -0.3 is 10.1 Å². The molecule has 1 aliphatic heterocycles. The van der Waals surface area contributed by atoms with Crippen LogP contribution >= 0.6 is 0 Å². The van der Waals surface area contributed by atoms with Crippen molar-refractivity contribution in [3.63, 3.8) is 0 Å². The van der Waals surface area contributed by atoms with Crippen LogP contribution in [0.15, 0.2) is 48.5 Å². The molecule has 0 bridgehead atoms. The standard InChI is InChI=1S/C28H38N2O2/c1-22-8-6-10-24(20-22)28(15-4-3-5-16-28)27(31)29-25-11-13-26(14-12-25)32-19-18-30-17-7-9-23(2)21-30/h6,8,10-14,20,23H,3-5,7,9,15-19,21H2,1-2H3,(H,29,31)/t23-/m0/s1. The van der Waals surface area contributed by atoms with Crippen molar-refractivity contribution < 1.29 is 9.53 Å². The topological polar surface area (TPSA) is 41.6 Å². The minimum Gasteiger partial charge on any atom is -0.492 e. The molecule has 4 heteroatoms. The van der Waals surface area contributed by atoms with Crippen LogP contribution in [-0.4, -0.2) is 37.0 Å². The van der Waals surface area contributed by atoms with Gasteiger partial charge in [0.2, 0.25) is 5.91 Å². The lowest BCUT2D eigenvalue weighted by Gasteiger charge is -2.36. The van der Waals surface area contributed by atoms with Crippen molar-refractivity contribution in [2.24, 2.45) is 5.92 Å². The van der Waals surface area contributed by atoms with Crippen LogP contribution in [0.3, 0.4) is 0 Å². The molecule has 1 saturated carbocycles. The molecular formula is C28H38N2O2. The summed E-state index contributed by atoms with van der Waals surface area (Å²) in [6.07, 6.45) is 7.88. The van der Waals surface area contributed by atoms with Gasteiger partial charge in [0, 0.05) is 18.8 Å². The van der Waals surface area contributed by atoms with Crippen LogP contribution in [0.25, 0.3) is 0 Å². The van der Waals surface area contributed by atoms with E-state index in [0.29, 0.717) is 6.61 Å². The lowest BCUT2D eigenvalue weighted by atomic mass is 9.68. The van der Waals surface area contributed by atoms with Crippen LogP contribution < -0.4 is 10.1 Å². The van der Waals surface area contributed by atoms with Gasteiger partial charge in [-0.1, -0.05) is 56.0 Å². The van der Waals surface area contributed by atoms with Crippen molar-refractivity contribution in [1.29, 1.82) is 0 Å². The molecule has 0 aromatic heterocycles. The summed E-state index contributed by atoms with van der Waals surface area (Å²) in [5.74, 6) is 1.77. The van der Waals surface area contributed by atoms with Gasteiger partial charge in [0.15, 0.2) is 0 Å². The van der Waals surface area contributed by atoms with E-state index >= 15 is 0 Å². The minimum atomic E-state index is -0.426. The average molecular weight is 435 g/mol. The smallest absolute Gasteiger partial charge is 0.235 e. The first-order chi connectivity index (χ1) is 15.5. The number of rotatable bonds is 7. The molecule has 172 valence electrons. The summed E-state index contributed by atoms with van der Waals surface area (Å²) in [5.41, 5.74) is 2.78. The molecule has 1 aliphatic carbocycles. The van der Waals surface area contributed by atoms with Crippen LogP contribution in [0.2, 0.25) is 0 Å². The van der Waals surface area contributed by atoms with Gasteiger partial charge in [-0.05, 0) is 74.9 Å². The van der Waals surface area contributed by atoms with Crippen molar-refractivity contribution in [2.75, 3.05) is 31.6 Å². The van der Waals surface area contributed by atoms with Crippen LogP contribution in [0.5, 0.6) is 5.75 Å². The fourth-order valence-corrected chi connectivity index (χ4v) is 5.41. The zero-order valence-corrected chi connectivity index (χ0v) is 19.7. The first-order valence-corrected chi connectivity index (χ1v) is 12.4. The summed E-state index contributed by atoms with van der Waals surface area (Å²) in [6.45, 7) is 8.47. The molecule has 1 atom stereocenters. The minimum absolute atomic E-state index is 0.121. The zero-order valence-electron chi connectivity index (χ0n) is 19.7. The van der Waals surface area contributed by atoms with Crippen molar-refractivity contribution >= 4 is 11.6 Å². The maximum Gasteiger partial charge on any atom is 0.235 e. The molecule has 1 saturated heterocycles. The normalized spacial score (nSPS) is 21.1. The Morgan fingerprint density at radius 2 is 1.88 bits per heavy atom. The van der Waals surface area contributed by atoms with E-state index in [1.807, 2.05) is 24.3 Å². The van der Waals surface area contributed by atoms with E-state index in [2.05, 4.69) is 48.3 Å². The lowest BCUT2D eigenvalue weighted by molar-refractivity contribution is -0.122. The molecule has 2 aromatic carbocycles. The fourth-order valence-electron chi connectivity index (χ4n) is 5.41. The van der Waals surface area contributed by atoms with Gasteiger partial charge in [-0.3, -0.25) is 9.69 Å². The Morgan fingerprint density at radius 3 is 2.59 bits per heavy atom. The number of piperidine rings is 1. The number of carbonyl (C=O) groups excluding carboxylic acids is 1. The molecular weight excluding hydrogens is 396 g/mol. The number of anilines is 1. The second kappa shape index (κ2) is 10.5. The van der Waals surface area contributed by atoms with E-state index < -0.39 is 5.41 Å². The number of carbonyl (C=O) groups is 1. The molecule has 2 fully saturated rings. The molecule has 1 amide bonds. The lowest BCUT2D eigenvalue weighted by Crippen LogP contribution is -2.42. The second-order valence-corrected chi connectivity index (χ2v) is 9.89. The van der Waals surface area contributed by atoms with E-state index in [4.69, 9.17) is 4.74 Å². The number of amides is 1. The molecule has 4 nitrogen and oxygen atoms in total. The Labute approximate surface area is 193 Å². The Hall–Kier alpha value is -2.33. The highest BCUT2D eigenvalue weighted by atomic mass is 16.5. The third-order valence-corrected chi connectivity index (χ3v) is 7.24. The third kappa shape index (κ3) is 5.53. The number of ether oxygens (including phenoxy) is 1. The number of nitrogens with zero attached hydrogens (tertiary/aromatic N) is 1. The predicted octanol–water partition coefficient (Wildman–Crippen LogP) is 5.95. The van der Waals surface area contributed by atoms with Gasteiger partial charge in [0.05, 0.1) is 5.41 Å². The number of benzene rings is 2. The van der Waals surface area contributed by atoms with E-state index in [-0.39, 0.29) is 5.91 Å². The number of hydrogen-bond acceptors (Lipinski definition) is 3. The van der Waals surface area contributed by atoms with Gasteiger partial charge in [0.1, 0.15) is 12.4 Å². The van der Waals surface area contributed by atoms with E-state index in [1.165, 1.54) is 37.9 Å². The molecule has 1 N–H and O–H groups in total. The summed E-state index contributed by atoms with van der Waals surface area (Å²) in [6, 6.07) is 16.3. The maximum atomic E-state index is 13.5. The molecule has 0 spiro atoms. The summed E-state index contributed by atoms with van der Waals surface area (Å²) in [7, 11) is 0. The quantitative estimate of drug-likeness (QED) is 0.586. The van der Waals surface area contributed by atoms with Gasteiger partial charge in [-0.25, -0.2) is 0 Å². The number of likely N-dealkylation sites (tertiary alicyclic amines) is 1. The van der Waals surface area contributed by atoms with Gasteiger partial charge in [-0.15, -0.1) is 0 Å². The summed E-state index contributed by atoms with van der Waals surface area (Å²) >= 11 is 0. The predicted molar refractivity (Wildman–Crippen MR) is 131 cm³/mol. The van der Waals surface area contributed by atoms with Crippen LogP contribution in [0.4, 0.5) is 5.69 Å². The monoisotopic (exact) mass is 434 g/mol. The molecule has 0 unspecified atom stereocenters. The summed E-state index contributed by atoms with van der Waals surface area (Å²) in [4.78, 5) is 16.0. The van der Waals surface area contributed by atoms with Crippen LogP contribution in [-0.2, 0) is 10.2 Å². The van der Waals surface area contributed by atoms with E-state index in [9.17, 15) is 4.79 Å². The van der Waals surface area contributed by atoms with Crippen LogP contribution in [0.1, 0.15) is 63.0 Å².